The second-order valence-corrected chi connectivity index (χ2v) is 7.01. The summed E-state index contributed by atoms with van der Waals surface area (Å²) in [5, 5.41) is 9.37. The van der Waals surface area contributed by atoms with Crippen LogP contribution in [0.4, 0.5) is 17.6 Å². The smallest absolute Gasteiger partial charge is 0.200 e. The minimum Gasteiger partial charge on any atom is -0.508 e. The molecule has 0 radical (unpaired) electrons. The maximum atomic E-state index is 14.8. The van der Waals surface area contributed by atoms with Gasteiger partial charge in [0, 0.05) is 16.7 Å². The van der Waals surface area contributed by atoms with Crippen LogP contribution in [0, 0.1) is 11.6 Å². The molecule has 0 aliphatic carbocycles. The summed E-state index contributed by atoms with van der Waals surface area (Å²) in [5.41, 5.74) is 0.663. The van der Waals surface area contributed by atoms with Gasteiger partial charge in [0.2, 0.25) is 0 Å². The van der Waals surface area contributed by atoms with Gasteiger partial charge in [-0.2, -0.15) is 4.39 Å². The van der Waals surface area contributed by atoms with E-state index in [4.69, 9.17) is 4.74 Å². The van der Waals surface area contributed by atoms with Crippen LogP contribution in [-0.4, -0.2) is 18.8 Å². The fourth-order valence-corrected chi connectivity index (χ4v) is 2.97. The molecule has 1 N–H and O–H groups in total. The zero-order valence-corrected chi connectivity index (χ0v) is 17.7. The highest BCUT2D eigenvalue weighted by Crippen LogP contribution is 2.33. The lowest BCUT2D eigenvalue weighted by atomic mass is 9.98. The van der Waals surface area contributed by atoms with Gasteiger partial charge in [0.1, 0.15) is 23.9 Å². The number of hydrogen-bond acceptors (Lipinski definition) is 3. The van der Waals surface area contributed by atoms with Gasteiger partial charge < -0.3 is 14.6 Å². The number of ether oxygens (including phenoxy) is 2. The Balaban J connectivity index is 1.75. The molecule has 0 amide bonds. The van der Waals surface area contributed by atoms with Crippen LogP contribution in [0.2, 0.25) is 0 Å². The Kier molecular flexibility index (Phi) is 7.23. The summed E-state index contributed by atoms with van der Waals surface area (Å²) >= 11 is 0. The average Bonchev–Trinajstić information content (AvgIpc) is 2.83. The lowest BCUT2D eigenvalue weighted by Crippen LogP contribution is -2.03. The molecule has 33 heavy (non-hydrogen) atoms. The predicted molar refractivity (Wildman–Crippen MR) is 119 cm³/mol. The number of hydrogen-bond donors (Lipinski definition) is 1. The molecule has 0 aliphatic heterocycles. The van der Waals surface area contributed by atoms with E-state index in [1.165, 1.54) is 60.7 Å². The van der Waals surface area contributed by atoms with Gasteiger partial charge in [-0.05, 0) is 35.4 Å². The SMILES string of the molecule is C=C(COc1ccc(-c2ccc(-c3ccc(O)cc3)c(F)c2F)cc1)/C(F)=C(/F)C(=C)OC. The van der Waals surface area contributed by atoms with E-state index in [9.17, 15) is 22.7 Å². The number of halogens is 4. The Labute approximate surface area is 188 Å². The van der Waals surface area contributed by atoms with Crippen LogP contribution in [-0.2, 0) is 4.74 Å². The quantitative estimate of drug-likeness (QED) is 0.220. The number of aromatic hydroxyl groups is 1. The van der Waals surface area contributed by atoms with E-state index < -0.39 is 29.0 Å². The first-order chi connectivity index (χ1) is 15.7. The van der Waals surface area contributed by atoms with Crippen LogP contribution in [0.5, 0.6) is 11.5 Å². The monoisotopic (exact) mass is 456 g/mol. The highest BCUT2D eigenvalue weighted by atomic mass is 19.2. The van der Waals surface area contributed by atoms with Gasteiger partial charge in [0.15, 0.2) is 23.3 Å². The summed E-state index contributed by atoms with van der Waals surface area (Å²) in [6.45, 7) is 6.31. The molecule has 0 saturated carbocycles. The third-order valence-electron chi connectivity index (χ3n) is 4.83. The first-order valence-corrected chi connectivity index (χ1v) is 9.70. The summed E-state index contributed by atoms with van der Waals surface area (Å²) in [6.07, 6.45) is 0. The van der Waals surface area contributed by atoms with Crippen LogP contribution in [0.3, 0.4) is 0 Å². The number of benzene rings is 3. The standard InChI is InChI=1S/C26H20F4O3/c1-15(23(27)24(28)16(2)32-3)14-33-20-10-6-18(7-11-20)22-13-12-21(25(29)26(22)30)17-4-8-19(31)9-5-17/h4-13,31H,1-2,14H2,3H3/b24-23-. The molecule has 170 valence electrons. The Morgan fingerprint density at radius 1 is 0.788 bits per heavy atom. The van der Waals surface area contributed by atoms with E-state index in [0.29, 0.717) is 16.9 Å². The van der Waals surface area contributed by atoms with Crippen molar-refractivity contribution in [3.8, 4) is 33.8 Å². The molecule has 0 heterocycles. The predicted octanol–water partition coefficient (Wildman–Crippen LogP) is 7.25. The first-order valence-electron chi connectivity index (χ1n) is 9.70. The molecular weight excluding hydrogens is 436 g/mol. The Morgan fingerprint density at radius 3 is 1.76 bits per heavy atom. The molecule has 0 aromatic heterocycles. The van der Waals surface area contributed by atoms with Crippen molar-refractivity contribution in [3.05, 3.63) is 108 Å². The maximum absolute atomic E-state index is 14.8. The second kappa shape index (κ2) is 10.1. The number of phenolic OH excluding ortho intramolecular Hbond substituents is 1. The van der Waals surface area contributed by atoms with Gasteiger partial charge in [0.05, 0.1) is 7.11 Å². The summed E-state index contributed by atoms with van der Waals surface area (Å²) < 4.78 is 67.1. The average molecular weight is 456 g/mol. The molecule has 3 rings (SSSR count). The molecule has 3 aromatic rings. The van der Waals surface area contributed by atoms with Crippen molar-refractivity contribution in [2.24, 2.45) is 0 Å². The van der Waals surface area contributed by atoms with Crippen LogP contribution in [0.1, 0.15) is 0 Å². The highest BCUT2D eigenvalue weighted by Gasteiger charge is 2.17. The first kappa shape index (κ1) is 23.7. The minimum absolute atomic E-state index is 0.0199. The zero-order chi connectivity index (χ0) is 24.1. The summed E-state index contributed by atoms with van der Waals surface area (Å²) in [7, 11) is 1.16. The van der Waals surface area contributed by atoms with Crippen molar-refractivity contribution in [3.63, 3.8) is 0 Å². The van der Waals surface area contributed by atoms with Gasteiger partial charge in [0.25, 0.3) is 0 Å². The van der Waals surface area contributed by atoms with Crippen molar-refractivity contribution in [2.45, 2.75) is 0 Å². The van der Waals surface area contributed by atoms with E-state index in [2.05, 4.69) is 17.9 Å². The van der Waals surface area contributed by atoms with E-state index >= 15 is 0 Å². The van der Waals surface area contributed by atoms with Crippen molar-refractivity contribution in [1.29, 1.82) is 0 Å². The molecule has 7 heteroatoms. The summed E-state index contributed by atoms with van der Waals surface area (Å²) in [5.74, 6) is -4.70. The second-order valence-electron chi connectivity index (χ2n) is 7.01. The minimum atomic E-state index is -1.27. The van der Waals surface area contributed by atoms with E-state index in [1.54, 1.807) is 0 Å². The largest absolute Gasteiger partial charge is 0.508 e. The summed E-state index contributed by atoms with van der Waals surface area (Å²) in [4.78, 5) is 0. The normalized spacial score (nSPS) is 11.5. The van der Waals surface area contributed by atoms with Gasteiger partial charge in [-0.15, -0.1) is 0 Å². The molecule has 0 spiro atoms. The van der Waals surface area contributed by atoms with Crippen molar-refractivity contribution >= 4 is 0 Å². The Morgan fingerprint density at radius 2 is 1.27 bits per heavy atom. The van der Waals surface area contributed by atoms with Crippen LogP contribution in [0.25, 0.3) is 22.3 Å². The van der Waals surface area contributed by atoms with E-state index in [-0.39, 0.29) is 29.1 Å². The van der Waals surface area contributed by atoms with Crippen molar-refractivity contribution in [1.82, 2.24) is 0 Å². The van der Waals surface area contributed by atoms with E-state index in [1.807, 2.05) is 0 Å². The fourth-order valence-electron chi connectivity index (χ4n) is 2.97. The topological polar surface area (TPSA) is 38.7 Å². The van der Waals surface area contributed by atoms with Crippen molar-refractivity contribution in [2.75, 3.05) is 13.7 Å². The number of allylic oxidation sites excluding steroid dienone is 1. The zero-order valence-electron chi connectivity index (χ0n) is 17.7. The molecule has 0 atom stereocenters. The third-order valence-corrected chi connectivity index (χ3v) is 4.83. The molecule has 0 aliphatic rings. The molecule has 3 nitrogen and oxygen atoms in total. The number of methoxy groups -OCH3 is 1. The van der Waals surface area contributed by atoms with Gasteiger partial charge >= 0.3 is 0 Å². The van der Waals surface area contributed by atoms with Gasteiger partial charge in [-0.3, -0.25) is 0 Å². The number of rotatable bonds is 8. The molecular formula is C26H20F4O3. The highest BCUT2D eigenvalue weighted by molar-refractivity contribution is 5.72. The molecule has 0 saturated heterocycles. The van der Waals surface area contributed by atoms with Crippen LogP contribution < -0.4 is 4.74 Å². The van der Waals surface area contributed by atoms with Crippen LogP contribution in [0.15, 0.2) is 96.8 Å². The summed E-state index contributed by atoms with van der Waals surface area (Å²) in [6, 6.07) is 14.6. The Bertz CT molecular complexity index is 1210. The van der Waals surface area contributed by atoms with Gasteiger partial charge in [-0.25, -0.2) is 13.2 Å². The maximum Gasteiger partial charge on any atom is 0.200 e. The van der Waals surface area contributed by atoms with Crippen molar-refractivity contribution < 1.29 is 32.1 Å². The molecule has 3 aromatic carbocycles. The van der Waals surface area contributed by atoms with Gasteiger partial charge in [-0.1, -0.05) is 49.6 Å². The number of phenols is 1. The Hall–Kier alpha value is -4.00. The van der Waals surface area contributed by atoms with Crippen LogP contribution >= 0.6 is 0 Å². The third kappa shape index (κ3) is 5.26. The lowest BCUT2D eigenvalue weighted by molar-refractivity contribution is 0.279. The molecule has 0 unspecified atom stereocenters. The molecule has 0 bridgehead atoms. The fraction of sp³-hybridized carbons (Fsp3) is 0.0769. The molecule has 0 fully saturated rings. The lowest BCUT2D eigenvalue weighted by Gasteiger charge is -2.11. The van der Waals surface area contributed by atoms with E-state index in [0.717, 1.165) is 7.11 Å².